The Hall–Kier alpha value is -5.06. The molecular formula is C35H34N8O2. The van der Waals surface area contributed by atoms with E-state index < -0.39 is 5.91 Å². The Kier molecular flexibility index (Phi) is 7.10. The second-order valence-electron chi connectivity index (χ2n) is 12.9. The van der Waals surface area contributed by atoms with Crippen molar-refractivity contribution in [1.82, 2.24) is 24.4 Å². The third-order valence-electron chi connectivity index (χ3n) is 9.23. The van der Waals surface area contributed by atoms with Gasteiger partial charge in [-0.05, 0) is 98.9 Å². The maximum Gasteiger partial charge on any atom is 0.263 e. The second kappa shape index (κ2) is 11.1. The Morgan fingerprint density at radius 2 is 1.82 bits per heavy atom. The number of nitrogens with zero attached hydrogens (tertiary/aromatic N) is 6. The molecule has 3 fully saturated rings. The molecular weight excluding hydrogens is 564 g/mol. The smallest absolute Gasteiger partial charge is 0.263 e. The maximum absolute atomic E-state index is 13.8. The molecule has 2 N–H and O–H groups in total. The molecule has 0 radical (unpaired) electrons. The molecule has 3 heterocycles. The molecule has 1 amide bonds. The van der Waals surface area contributed by atoms with Gasteiger partial charge in [0.15, 0.2) is 5.69 Å². The third-order valence-corrected chi connectivity index (χ3v) is 9.23. The lowest BCUT2D eigenvalue weighted by molar-refractivity contribution is 0.102. The van der Waals surface area contributed by atoms with Crippen LogP contribution in [0.3, 0.4) is 0 Å². The monoisotopic (exact) mass is 598 g/mol. The van der Waals surface area contributed by atoms with Crippen molar-refractivity contribution in [3.8, 4) is 34.7 Å². The first kappa shape index (κ1) is 28.7. The summed E-state index contributed by atoms with van der Waals surface area (Å²) in [6.07, 6.45) is 10.9. The van der Waals surface area contributed by atoms with Crippen molar-refractivity contribution in [3.63, 3.8) is 0 Å². The number of nitriles is 2. The number of carbonyl (C=O) groups is 1. The number of hydrogen-bond donors (Lipinski definition) is 2. The predicted molar refractivity (Wildman–Crippen MR) is 169 cm³/mol. The molecule has 226 valence electrons. The number of hydrogen-bond acceptors (Lipinski definition) is 7. The summed E-state index contributed by atoms with van der Waals surface area (Å²) in [6.45, 7) is 2.80. The van der Waals surface area contributed by atoms with Crippen LogP contribution in [0.2, 0.25) is 0 Å². The van der Waals surface area contributed by atoms with Crippen LogP contribution in [0.15, 0.2) is 53.6 Å². The van der Waals surface area contributed by atoms with E-state index in [-0.39, 0.29) is 34.3 Å². The number of rotatable bonds is 9. The Balaban J connectivity index is 1.25. The van der Waals surface area contributed by atoms with E-state index >= 15 is 0 Å². The molecule has 0 aliphatic heterocycles. The van der Waals surface area contributed by atoms with E-state index in [4.69, 9.17) is 4.98 Å². The normalized spacial score (nSPS) is 16.8. The van der Waals surface area contributed by atoms with E-state index in [0.29, 0.717) is 29.3 Å². The minimum atomic E-state index is -0.486. The van der Waals surface area contributed by atoms with Gasteiger partial charge in [0.1, 0.15) is 23.3 Å². The van der Waals surface area contributed by atoms with Crippen LogP contribution in [0.1, 0.15) is 96.7 Å². The third kappa shape index (κ3) is 5.77. The minimum absolute atomic E-state index is 0.0991. The van der Waals surface area contributed by atoms with Crippen molar-refractivity contribution in [1.29, 1.82) is 10.5 Å². The van der Waals surface area contributed by atoms with Crippen molar-refractivity contribution < 1.29 is 4.79 Å². The van der Waals surface area contributed by atoms with Crippen molar-refractivity contribution in [3.05, 3.63) is 87.2 Å². The van der Waals surface area contributed by atoms with Crippen molar-refractivity contribution in [2.75, 3.05) is 5.32 Å². The van der Waals surface area contributed by atoms with Crippen molar-refractivity contribution in [2.45, 2.75) is 75.9 Å². The zero-order valence-corrected chi connectivity index (χ0v) is 25.4. The average Bonchev–Trinajstić information content (AvgIpc) is 3.96. The summed E-state index contributed by atoms with van der Waals surface area (Å²) in [5.41, 5.74) is 4.71. The highest BCUT2D eigenvalue weighted by atomic mass is 16.2. The van der Waals surface area contributed by atoms with Gasteiger partial charge in [0, 0.05) is 54.7 Å². The highest BCUT2D eigenvalue weighted by Gasteiger charge is 2.32. The number of anilines is 1. The Morgan fingerprint density at radius 1 is 1.02 bits per heavy atom. The first-order valence-electron chi connectivity index (χ1n) is 15.6. The maximum atomic E-state index is 13.8. The number of imidazole rings is 1. The lowest BCUT2D eigenvalue weighted by Crippen LogP contribution is -2.47. The molecule has 0 saturated heterocycles. The topological polar surface area (TPSA) is 141 Å². The first-order chi connectivity index (χ1) is 21.7. The van der Waals surface area contributed by atoms with Gasteiger partial charge in [-0.1, -0.05) is 6.07 Å². The fraction of sp³-hybridized carbons (Fsp3) is 0.371. The SMILES string of the molecule is Cn1cc(C#N)nc1-c1cc(C#N)ccc1-c1cc(NC(=O)c2cc(CNC3(C)CCC3)cn(C3CC3)c2=O)nc(C2CC2)c1. The highest BCUT2D eigenvalue weighted by Crippen LogP contribution is 2.42. The molecule has 0 spiro atoms. The molecule has 1 aromatic carbocycles. The summed E-state index contributed by atoms with van der Waals surface area (Å²) < 4.78 is 3.49. The number of amides is 1. The minimum Gasteiger partial charge on any atom is -0.333 e. The number of aryl methyl sites for hydroxylation is 1. The summed E-state index contributed by atoms with van der Waals surface area (Å²) in [5.74, 6) is 0.710. The largest absolute Gasteiger partial charge is 0.333 e. The second-order valence-corrected chi connectivity index (χ2v) is 12.9. The van der Waals surface area contributed by atoms with E-state index in [2.05, 4.69) is 34.7 Å². The van der Waals surface area contributed by atoms with Crippen LogP contribution < -0.4 is 16.2 Å². The Bertz CT molecular complexity index is 1980. The zero-order chi connectivity index (χ0) is 31.3. The molecule has 7 rings (SSSR count). The molecule has 45 heavy (non-hydrogen) atoms. The summed E-state index contributed by atoms with van der Waals surface area (Å²) in [6, 6.07) is 15.3. The number of aromatic nitrogens is 4. The quantitative estimate of drug-likeness (QED) is 0.257. The number of nitrogens with one attached hydrogen (secondary N) is 2. The molecule has 3 aromatic heterocycles. The zero-order valence-electron chi connectivity index (χ0n) is 25.4. The molecule has 3 saturated carbocycles. The van der Waals surface area contributed by atoms with E-state index in [9.17, 15) is 20.1 Å². The van der Waals surface area contributed by atoms with Crippen LogP contribution in [0.4, 0.5) is 5.82 Å². The summed E-state index contributed by atoms with van der Waals surface area (Å²) in [7, 11) is 1.81. The molecule has 10 heteroatoms. The van der Waals surface area contributed by atoms with E-state index in [1.807, 2.05) is 25.4 Å². The van der Waals surface area contributed by atoms with E-state index in [0.717, 1.165) is 60.9 Å². The predicted octanol–water partition coefficient (Wildman–Crippen LogP) is 5.55. The number of benzene rings is 1. The van der Waals surface area contributed by atoms with Crippen LogP contribution in [0, 0.1) is 22.7 Å². The van der Waals surface area contributed by atoms with E-state index in [1.54, 1.807) is 39.6 Å². The van der Waals surface area contributed by atoms with Crippen LogP contribution in [-0.4, -0.2) is 30.5 Å². The molecule has 10 nitrogen and oxygen atoms in total. The van der Waals surface area contributed by atoms with Crippen molar-refractivity contribution >= 4 is 11.7 Å². The summed E-state index contributed by atoms with van der Waals surface area (Å²) in [5, 5.41) is 25.6. The van der Waals surface area contributed by atoms with Gasteiger partial charge in [0.2, 0.25) is 0 Å². The number of pyridine rings is 2. The molecule has 0 atom stereocenters. The standard InChI is InChI=1S/C35H34N8O2/c1-35(10-3-11-35)38-18-22-13-29(34(45)43(19-22)26-7-8-26)33(44)41-31-15-24(14-30(40-31)23-5-6-23)27-9-4-21(16-36)12-28(27)32-39-25(17-37)20-42(32)2/h4,9,12-15,19-20,23,26,38H,3,5-8,10-11,18H2,1-2H3,(H,40,41,44). The average molecular weight is 599 g/mol. The number of carbonyl (C=O) groups excluding carboxylic acids is 1. The lowest BCUT2D eigenvalue weighted by atomic mass is 9.78. The van der Waals surface area contributed by atoms with Gasteiger partial charge in [0.05, 0.1) is 11.6 Å². The molecule has 4 aromatic rings. The van der Waals surface area contributed by atoms with Gasteiger partial charge in [-0.2, -0.15) is 10.5 Å². The van der Waals surface area contributed by atoms with Gasteiger partial charge in [-0.25, -0.2) is 9.97 Å². The van der Waals surface area contributed by atoms with Crippen LogP contribution in [0.25, 0.3) is 22.5 Å². The van der Waals surface area contributed by atoms with E-state index in [1.165, 1.54) is 6.42 Å². The first-order valence-corrected chi connectivity index (χ1v) is 15.6. The van der Waals surface area contributed by atoms with Crippen LogP contribution >= 0.6 is 0 Å². The fourth-order valence-corrected chi connectivity index (χ4v) is 6.11. The molecule has 0 unspecified atom stereocenters. The molecule has 0 bridgehead atoms. The molecule has 3 aliphatic carbocycles. The lowest BCUT2D eigenvalue weighted by Gasteiger charge is -2.39. The van der Waals surface area contributed by atoms with Gasteiger partial charge in [-0.15, -0.1) is 0 Å². The van der Waals surface area contributed by atoms with Crippen molar-refractivity contribution in [2.24, 2.45) is 7.05 Å². The van der Waals surface area contributed by atoms with Gasteiger partial charge < -0.3 is 19.8 Å². The van der Waals surface area contributed by atoms with Gasteiger partial charge >= 0.3 is 0 Å². The highest BCUT2D eigenvalue weighted by molar-refractivity contribution is 6.04. The van der Waals surface area contributed by atoms with Gasteiger partial charge in [0.25, 0.3) is 11.5 Å². The van der Waals surface area contributed by atoms with Gasteiger partial charge in [-0.3, -0.25) is 9.59 Å². The Labute approximate surface area is 261 Å². The fourth-order valence-electron chi connectivity index (χ4n) is 6.11. The summed E-state index contributed by atoms with van der Waals surface area (Å²) >= 11 is 0. The summed E-state index contributed by atoms with van der Waals surface area (Å²) in [4.78, 5) is 36.6. The van der Waals surface area contributed by atoms with Crippen LogP contribution in [0.5, 0.6) is 0 Å². The Morgan fingerprint density at radius 3 is 2.47 bits per heavy atom. The molecule has 3 aliphatic rings. The van der Waals surface area contributed by atoms with Crippen LogP contribution in [-0.2, 0) is 13.6 Å².